The van der Waals surface area contributed by atoms with Gasteiger partial charge in [0, 0.05) is 5.92 Å². The molecule has 2 aromatic carbocycles. The minimum atomic E-state index is -0.967. The van der Waals surface area contributed by atoms with Gasteiger partial charge in [-0.3, -0.25) is 0 Å². The lowest BCUT2D eigenvalue weighted by Gasteiger charge is -2.18. The first-order valence-electron chi connectivity index (χ1n) is 7.01. The lowest BCUT2D eigenvalue weighted by Crippen LogP contribution is -2.32. The Kier molecular flexibility index (Phi) is 4.80. The van der Waals surface area contributed by atoms with Crippen molar-refractivity contribution in [2.45, 2.75) is 20.0 Å². The molecule has 0 bridgehead atoms. The summed E-state index contributed by atoms with van der Waals surface area (Å²) >= 11 is 0. The molecule has 2 aromatic rings. The molecular weight excluding hydrogens is 278 g/mol. The summed E-state index contributed by atoms with van der Waals surface area (Å²) in [5.74, 6) is -0.555. The van der Waals surface area contributed by atoms with Gasteiger partial charge in [0.15, 0.2) is 6.10 Å². The summed E-state index contributed by atoms with van der Waals surface area (Å²) in [7, 11) is 0. The van der Waals surface area contributed by atoms with Crippen molar-refractivity contribution in [1.82, 2.24) is 0 Å². The molecule has 0 spiro atoms. The number of hydrogen-bond acceptors (Lipinski definition) is 3. The second kappa shape index (κ2) is 6.77. The van der Waals surface area contributed by atoms with Gasteiger partial charge in [-0.15, -0.1) is 0 Å². The summed E-state index contributed by atoms with van der Waals surface area (Å²) in [6.45, 7) is 3.62. The smallest absolute Gasteiger partial charge is 0.345 e. The third-order valence-electron chi connectivity index (χ3n) is 3.31. The first-order chi connectivity index (χ1) is 10.5. The number of aliphatic carboxylic acids is 1. The highest BCUT2D eigenvalue weighted by Gasteiger charge is 2.23. The Labute approximate surface area is 129 Å². The maximum atomic E-state index is 11.1. The highest BCUT2D eigenvalue weighted by Crippen LogP contribution is 2.24. The normalized spacial score (nSPS) is 11.7. The van der Waals surface area contributed by atoms with Crippen molar-refractivity contribution in [3.8, 4) is 22.9 Å². The Bertz CT molecular complexity index is 682. The van der Waals surface area contributed by atoms with E-state index in [1.54, 1.807) is 24.3 Å². The zero-order chi connectivity index (χ0) is 16.1. The molecule has 0 saturated carbocycles. The van der Waals surface area contributed by atoms with Crippen LogP contribution in [0.4, 0.5) is 0 Å². The van der Waals surface area contributed by atoms with Crippen LogP contribution in [0.3, 0.4) is 0 Å². The summed E-state index contributed by atoms with van der Waals surface area (Å²) in [6.07, 6.45) is -0.860. The summed E-state index contributed by atoms with van der Waals surface area (Å²) in [6, 6.07) is 16.6. The third-order valence-corrected chi connectivity index (χ3v) is 3.31. The molecule has 0 amide bonds. The second-order valence-electron chi connectivity index (χ2n) is 5.33. The van der Waals surface area contributed by atoms with Gasteiger partial charge in [0.1, 0.15) is 5.75 Å². The zero-order valence-corrected chi connectivity index (χ0v) is 12.5. The van der Waals surface area contributed by atoms with Crippen molar-refractivity contribution in [3.05, 3.63) is 54.1 Å². The Morgan fingerprint density at radius 1 is 1.05 bits per heavy atom. The van der Waals surface area contributed by atoms with Gasteiger partial charge in [-0.2, -0.15) is 5.26 Å². The van der Waals surface area contributed by atoms with Crippen molar-refractivity contribution in [2.75, 3.05) is 0 Å². The van der Waals surface area contributed by atoms with Crippen molar-refractivity contribution >= 4 is 5.97 Å². The van der Waals surface area contributed by atoms with Crippen LogP contribution in [0.1, 0.15) is 19.4 Å². The summed E-state index contributed by atoms with van der Waals surface area (Å²) in [5.41, 5.74) is 2.59. The van der Waals surface area contributed by atoms with Gasteiger partial charge in [0.25, 0.3) is 0 Å². The Morgan fingerprint density at radius 2 is 1.55 bits per heavy atom. The standard InChI is InChI=1S/C18H17NO3/c1-12(2)17(18(20)21)22-16-9-7-15(8-10-16)14-5-3-13(11-19)4-6-14/h3-10,12,17H,1-2H3,(H,20,21). The average molecular weight is 295 g/mol. The molecular formula is C18H17NO3. The van der Waals surface area contributed by atoms with Crippen molar-refractivity contribution in [3.63, 3.8) is 0 Å². The molecule has 2 rings (SSSR count). The molecule has 1 unspecified atom stereocenters. The molecule has 0 aliphatic rings. The van der Waals surface area contributed by atoms with Crippen LogP contribution in [0.25, 0.3) is 11.1 Å². The minimum absolute atomic E-state index is 0.115. The molecule has 0 saturated heterocycles. The molecule has 0 aliphatic carbocycles. The fraction of sp³-hybridized carbons (Fsp3) is 0.222. The zero-order valence-electron chi connectivity index (χ0n) is 12.5. The number of rotatable bonds is 5. The molecule has 22 heavy (non-hydrogen) atoms. The molecule has 4 nitrogen and oxygen atoms in total. The number of nitriles is 1. The number of carboxylic acid groups (broad SMARTS) is 1. The van der Waals surface area contributed by atoms with E-state index in [0.29, 0.717) is 11.3 Å². The monoisotopic (exact) mass is 295 g/mol. The van der Waals surface area contributed by atoms with Gasteiger partial charge in [0.05, 0.1) is 11.6 Å². The SMILES string of the molecule is CC(C)C(Oc1ccc(-c2ccc(C#N)cc2)cc1)C(=O)O. The molecule has 0 aliphatic heterocycles. The van der Waals surface area contributed by atoms with E-state index in [9.17, 15) is 4.79 Å². The summed E-state index contributed by atoms with van der Waals surface area (Å²) in [5, 5.41) is 17.9. The van der Waals surface area contributed by atoms with Crippen molar-refractivity contribution < 1.29 is 14.6 Å². The van der Waals surface area contributed by atoms with Crippen molar-refractivity contribution in [2.24, 2.45) is 5.92 Å². The number of hydrogen-bond donors (Lipinski definition) is 1. The van der Waals surface area contributed by atoms with E-state index in [1.807, 2.05) is 38.1 Å². The number of nitrogens with zero attached hydrogens (tertiary/aromatic N) is 1. The lowest BCUT2D eigenvalue weighted by molar-refractivity contribution is -0.147. The van der Waals surface area contributed by atoms with E-state index < -0.39 is 12.1 Å². The van der Waals surface area contributed by atoms with Crippen LogP contribution >= 0.6 is 0 Å². The predicted octanol–water partition coefficient (Wildman–Crippen LogP) is 3.71. The molecule has 0 fully saturated rings. The molecule has 1 N–H and O–H groups in total. The molecule has 0 radical (unpaired) electrons. The van der Waals surface area contributed by atoms with E-state index in [0.717, 1.165) is 11.1 Å². The lowest BCUT2D eigenvalue weighted by atomic mass is 10.0. The number of carboxylic acids is 1. The Balaban J connectivity index is 2.16. The van der Waals surface area contributed by atoms with Crippen LogP contribution in [-0.4, -0.2) is 17.2 Å². The van der Waals surface area contributed by atoms with E-state index in [1.165, 1.54) is 0 Å². The van der Waals surface area contributed by atoms with E-state index in [-0.39, 0.29) is 5.92 Å². The summed E-state index contributed by atoms with van der Waals surface area (Å²) < 4.78 is 5.52. The van der Waals surface area contributed by atoms with Crippen LogP contribution in [-0.2, 0) is 4.79 Å². The van der Waals surface area contributed by atoms with E-state index in [2.05, 4.69) is 6.07 Å². The Hall–Kier alpha value is -2.80. The minimum Gasteiger partial charge on any atom is -0.478 e. The molecule has 4 heteroatoms. The van der Waals surface area contributed by atoms with Crippen LogP contribution in [0.2, 0.25) is 0 Å². The third kappa shape index (κ3) is 3.64. The fourth-order valence-electron chi connectivity index (χ4n) is 2.08. The summed E-state index contributed by atoms with van der Waals surface area (Å²) in [4.78, 5) is 11.1. The largest absolute Gasteiger partial charge is 0.478 e. The van der Waals surface area contributed by atoms with Crippen LogP contribution in [0, 0.1) is 17.2 Å². The van der Waals surface area contributed by atoms with Crippen molar-refractivity contribution in [1.29, 1.82) is 5.26 Å². The maximum Gasteiger partial charge on any atom is 0.345 e. The van der Waals surface area contributed by atoms with Gasteiger partial charge in [0.2, 0.25) is 0 Å². The van der Waals surface area contributed by atoms with Gasteiger partial charge < -0.3 is 9.84 Å². The quantitative estimate of drug-likeness (QED) is 0.912. The fourth-order valence-corrected chi connectivity index (χ4v) is 2.08. The van der Waals surface area contributed by atoms with Crippen LogP contribution < -0.4 is 4.74 Å². The highest BCUT2D eigenvalue weighted by molar-refractivity contribution is 5.73. The second-order valence-corrected chi connectivity index (χ2v) is 5.33. The Morgan fingerprint density at radius 3 is 1.95 bits per heavy atom. The average Bonchev–Trinajstić information content (AvgIpc) is 2.52. The molecule has 112 valence electrons. The first kappa shape index (κ1) is 15.6. The number of carbonyl (C=O) groups is 1. The van der Waals surface area contributed by atoms with E-state index in [4.69, 9.17) is 15.1 Å². The highest BCUT2D eigenvalue weighted by atomic mass is 16.5. The maximum absolute atomic E-state index is 11.1. The number of ether oxygens (including phenoxy) is 1. The molecule has 1 atom stereocenters. The van der Waals surface area contributed by atoms with Crippen LogP contribution in [0.15, 0.2) is 48.5 Å². The van der Waals surface area contributed by atoms with Gasteiger partial charge in [-0.25, -0.2) is 4.79 Å². The van der Waals surface area contributed by atoms with Gasteiger partial charge in [-0.05, 0) is 35.4 Å². The predicted molar refractivity (Wildman–Crippen MR) is 83.5 cm³/mol. The van der Waals surface area contributed by atoms with Crippen LogP contribution in [0.5, 0.6) is 5.75 Å². The molecule has 0 aromatic heterocycles. The molecule has 0 heterocycles. The number of benzene rings is 2. The van der Waals surface area contributed by atoms with Gasteiger partial charge >= 0.3 is 5.97 Å². The topological polar surface area (TPSA) is 70.3 Å². The van der Waals surface area contributed by atoms with Gasteiger partial charge in [-0.1, -0.05) is 38.1 Å². The first-order valence-corrected chi connectivity index (χ1v) is 7.01. The van der Waals surface area contributed by atoms with E-state index >= 15 is 0 Å².